The van der Waals surface area contributed by atoms with Crippen molar-refractivity contribution in [3.63, 3.8) is 0 Å². The Bertz CT molecular complexity index is 808. The summed E-state index contributed by atoms with van der Waals surface area (Å²) in [7, 11) is 0. The predicted octanol–water partition coefficient (Wildman–Crippen LogP) is 8.64. The normalized spacial score (nSPS) is 37.1. The number of carbonyl (C=O) groups is 1. The van der Waals surface area contributed by atoms with Crippen LogP contribution >= 0.6 is 0 Å². The van der Waals surface area contributed by atoms with Crippen LogP contribution in [0.4, 0.5) is 4.79 Å². The average Bonchev–Trinajstić information content (AvgIpc) is 3.23. The Balaban J connectivity index is 1.31. The van der Waals surface area contributed by atoms with E-state index in [0.717, 1.165) is 80.6 Å². The first kappa shape index (κ1) is 29.9. The topological polar surface area (TPSA) is 64.3 Å². The molecule has 38 heavy (non-hydrogen) atoms. The van der Waals surface area contributed by atoms with Gasteiger partial charge in [-0.15, -0.1) is 0 Å². The van der Waals surface area contributed by atoms with Gasteiger partial charge in [0.1, 0.15) is 6.10 Å². The maximum atomic E-state index is 12.4. The summed E-state index contributed by atoms with van der Waals surface area (Å²) in [5, 5.41) is 2.98. The lowest BCUT2D eigenvalue weighted by Crippen LogP contribution is -2.51. The number of unbranched alkanes of at least 4 members (excludes halogenated alkanes) is 3. The van der Waals surface area contributed by atoms with E-state index in [1.807, 2.05) is 0 Å². The van der Waals surface area contributed by atoms with Gasteiger partial charge in [0, 0.05) is 13.0 Å². The molecule has 4 aliphatic carbocycles. The highest BCUT2D eigenvalue weighted by molar-refractivity contribution is 5.67. The molecule has 4 aliphatic rings. The number of allylic oxidation sites excluding steroid dienone is 1. The van der Waals surface area contributed by atoms with Crippen molar-refractivity contribution in [3.05, 3.63) is 11.6 Å². The van der Waals surface area contributed by atoms with Crippen LogP contribution in [0.25, 0.3) is 0 Å². The molecule has 3 fully saturated rings. The number of alkyl carbamates (subject to hydrolysis) is 1. The van der Waals surface area contributed by atoms with Crippen LogP contribution in [0.15, 0.2) is 11.6 Å². The molecular formula is C34H60N2O2. The molecule has 0 aromatic rings. The van der Waals surface area contributed by atoms with Gasteiger partial charge in [-0.3, -0.25) is 0 Å². The van der Waals surface area contributed by atoms with Gasteiger partial charge < -0.3 is 15.8 Å². The second-order valence-corrected chi connectivity index (χ2v) is 14.7. The zero-order chi connectivity index (χ0) is 27.3. The van der Waals surface area contributed by atoms with Gasteiger partial charge in [0.25, 0.3) is 0 Å². The molecule has 0 aliphatic heterocycles. The fourth-order valence-corrected chi connectivity index (χ4v) is 9.76. The second-order valence-electron chi connectivity index (χ2n) is 14.7. The van der Waals surface area contributed by atoms with Crippen molar-refractivity contribution in [1.82, 2.24) is 5.32 Å². The number of fused-ring (bicyclic) bond motifs is 5. The minimum Gasteiger partial charge on any atom is -0.446 e. The van der Waals surface area contributed by atoms with Crippen LogP contribution in [0.1, 0.15) is 131 Å². The number of carbonyl (C=O) groups excluding carboxylic acids is 1. The Hall–Kier alpha value is -1.03. The first-order valence-electron chi connectivity index (χ1n) is 16.5. The van der Waals surface area contributed by atoms with E-state index >= 15 is 0 Å². The molecule has 4 nitrogen and oxygen atoms in total. The minimum absolute atomic E-state index is 0.0412. The molecule has 4 rings (SSSR count). The third-order valence-corrected chi connectivity index (χ3v) is 11.9. The third-order valence-electron chi connectivity index (χ3n) is 11.9. The van der Waals surface area contributed by atoms with E-state index in [1.54, 1.807) is 5.57 Å². The zero-order valence-corrected chi connectivity index (χ0v) is 25.5. The van der Waals surface area contributed by atoms with Crippen molar-refractivity contribution in [3.8, 4) is 0 Å². The van der Waals surface area contributed by atoms with E-state index in [9.17, 15) is 4.79 Å². The smallest absolute Gasteiger partial charge is 0.407 e. The molecule has 0 bridgehead atoms. The molecule has 0 radical (unpaired) electrons. The average molecular weight is 529 g/mol. The molecule has 0 aromatic carbocycles. The van der Waals surface area contributed by atoms with E-state index in [1.165, 1.54) is 57.8 Å². The lowest BCUT2D eigenvalue weighted by molar-refractivity contribution is -0.0581. The molecule has 8 atom stereocenters. The van der Waals surface area contributed by atoms with Crippen LogP contribution in [0.2, 0.25) is 0 Å². The summed E-state index contributed by atoms with van der Waals surface area (Å²) in [6, 6.07) is 0. The molecule has 3 saturated carbocycles. The van der Waals surface area contributed by atoms with Crippen LogP contribution in [0.3, 0.4) is 0 Å². The van der Waals surface area contributed by atoms with Crippen LogP contribution < -0.4 is 11.1 Å². The quantitative estimate of drug-likeness (QED) is 0.197. The van der Waals surface area contributed by atoms with Crippen molar-refractivity contribution < 1.29 is 9.53 Å². The number of nitrogens with two attached hydrogens (primary N) is 1. The van der Waals surface area contributed by atoms with E-state index in [2.05, 4.69) is 46.0 Å². The van der Waals surface area contributed by atoms with Crippen molar-refractivity contribution in [2.24, 2.45) is 52.1 Å². The molecule has 1 amide bonds. The number of amides is 1. The van der Waals surface area contributed by atoms with Gasteiger partial charge in [-0.2, -0.15) is 0 Å². The zero-order valence-electron chi connectivity index (χ0n) is 25.5. The Labute approximate surface area is 234 Å². The summed E-state index contributed by atoms with van der Waals surface area (Å²) in [6.07, 6.45) is 21.1. The summed E-state index contributed by atoms with van der Waals surface area (Å²) in [6.45, 7) is 14.0. The Morgan fingerprint density at radius 3 is 2.55 bits per heavy atom. The maximum Gasteiger partial charge on any atom is 0.407 e. The Morgan fingerprint density at radius 1 is 1.00 bits per heavy atom. The lowest BCUT2D eigenvalue weighted by atomic mass is 9.47. The van der Waals surface area contributed by atoms with E-state index in [-0.39, 0.29) is 12.2 Å². The van der Waals surface area contributed by atoms with Crippen molar-refractivity contribution in [2.45, 2.75) is 137 Å². The van der Waals surface area contributed by atoms with Gasteiger partial charge in [-0.1, -0.05) is 78.4 Å². The molecular weight excluding hydrogens is 468 g/mol. The van der Waals surface area contributed by atoms with Crippen molar-refractivity contribution >= 4 is 6.09 Å². The van der Waals surface area contributed by atoms with Gasteiger partial charge in [-0.05, 0) is 111 Å². The molecule has 0 saturated heterocycles. The first-order valence-corrected chi connectivity index (χ1v) is 16.5. The molecule has 3 N–H and O–H groups in total. The van der Waals surface area contributed by atoms with E-state index in [0.29, 0.717) is 17.4 Å². The minimum atomic E-state index is -0.223. The van der Waals surface area contributed by atoms with Gasteiger partial charge in [0.2, 0.25) is 0 Å². The SMILES string of the molecule is CC(C)CCC[C@@H](C)C1CCC2C3CC=C4C[C@@H](OC(=O)NCCCCCCN)CC[C@]4(C)C3CC[C@@]21C. The van der Waals surface area contributed by atoms with Gasteiger partial charge in [0.05, 0.1) is 0 Å². The number of rotatable bonds is 12. The molecule has 0 spiro atoms. The summed E-state index contributed by atoms with van der Waals surface area (Å²) < 4.78 is 5.91. The summed E-state index contributed by atoms with van der Waals surface area (Å²) >= 11 is 0. The maximum absolute atomic E-state index is 12.4. The largest absolute Gasteiger partial charge is 0.446 e. The molecule has 4 unspecified atom stereocenters. The second kappa shape index (κ2) is 13.1. The van der Waals surface area contributed by atoms with E-state index in [4.69, 9.17) is 10.5 Å². The van der Waals surface area contributed by atoms with Gasteiger partial charge >= 0.3 is 6.09 Å². The van der Waals surface area contributed by atoms with Gasteiger partial charge in [-0.25, -0.2) is 4.79 Å². The summed E-state index contributed by atoms with van der Waals surface area (Å²) in [4.78, 5) is 12.4. The Kier molecular flexibility index (Phi) is 10.3. The summed E-state index contributed by atoms with van der Waals surface area (Å²) in [5.41, 5.74) is 8.02. The molecule has 0 aromatic heterocycles. The number of nitrogens with one attached hydrogen (secondary N) is 1. The first-order chi connectivity index (χ1) is 18.2. The Morgan fingerprint density at radius 2 is 1.79 bits per heavy atom. The van der Waals surface area contributed by atoms with E-state index < -0.39 is 0 Å². The van der Waals surface area contributed by atoms with Crippen LogP contribution in [-0.4, -0.2) is 25.3 Å². The number of hydrogen-bond acceptors (Lipinski definition) is 3. The standard InChI is InChI=1S/C34H60N2O2/c1-24(2)11-10-12-25(3)29-15-16-30-28-14-13-26-23-27(38-32(37)36-22-9-7-6-8-21-35)17-19-33(26,4)31(28)18-20-34(29,30)5/h13,24-25,27-31H,6-12,14-23,35H2,1-5H3,(H,36,37)/t25-,27+,28?,29?,30?,31?,33+,34-/m1/s1. The monoisotopic (exact) mass is 528 g/mol. The van der Waals surface area contributed by atoms with Crippen LogP contribution in [-0.2, 0) is 4.74 Å². The molecule has 0 heterocycles. The number of ether oxygens (including phenoxy) is 1. The summed E-state index contributed by atoms with van der Waals surface area (Å²) in [5.74, 6) is 5.20. The highest BCUT2D eigenvalue weighted by Crippen LogP contribution is 2.67. The fraction of sp³-hybridized carbons (Fsp3) is 0.912. The van der Waals surface area contributed by atoms with Crippen molar-refractivity contribution in [2.75, 3.05) is 13.1 Å². The number of hydrogen-bond donors (Lipinski definition) is 2. The predicted molar refractivity (Wildman–Crippen MR) is 159 cm³/mol. The molecule has 218 valence electrons. The van der Waals surface area contributed by atoms with Crippen LogP contribution in [0.5, 0.6) is 0 Å². The highest BCUT2D eigenvalue weighted by atomic mass is 16.6. The molecule has 4 heteroatoms. The van der Waals surface area contributed by atoms with Crippen LogP contribution in [0, 0.1) is 46.3 Å². The van der Waals surface area contributed by atoms with Gasteiger partial charge in [0.15, 0.2) is 0 Å². The highest BCUT2D eigenvalue weighted by Gasteiger charge is 2.59. The van der Waals surface area contributed by atoms with Crippen molar-refractivity contribution in [1.29, 1.82) is 0 Å². The fourth-order valence-electron chi connectivity index (χ4n) is 9.76. The lowest BCUT2D eigenvalue weighted by Gasteiger charge is -2.58. The third kappa shape index (κ3) is 6.47.